The van der Waals surface area contributed by atoms with Crippen molar-refractivity contribution in [3.05, 3.63) is 77.4 Å². The van der Waals surface area contributed by atoms with Crippen molar-refractivity contribution in [2.24, 2.45) is 0 Å². The van der Waals surface area contributed by atoms with Crippen LogP contribution >= 0.6 is 12.2 Å². The lowest BCUT2D eigenvalue weighted by molar-refractivity contribution is 0.186. The van der Waals surface area contributed by atoms with E-state index in [-0.39, 0.29) is 12.1 Å². The standard InChI is InChI=1S/C24H28N4O2S/c1-16-15-20(17(2)27(16)13-14-29-3)23-22(21-7-5-6-12-25-21)26-24(31)28(23)18-8-10-19(30-4)11-9-18/h5-12,15,22-23H,13-14H2,1-4H3,(H,26,31)/t22-,23-/m1/s1. The van der Waals surface area contributed by atoms with Crippen molar-refractivity contribution in [1.82, 2.24) is 14.9 Å². The third kappa shape index (κ3) is 4.03. The molecule has 2 aromatic heterocycles. The molecule has 7 heteroatoms. The van der Waals surface area contributed by atoms with E-state index in [9.17, 15) is 0 Å². The van der Waals surface area contributed by atoms with Gasteiger partial charge in [-0.3, -0.25) is 4.98 Å². The van der Waals surface area contributed by atoms with Crippen LogP contribution in [0, 0.1) is 13.8 Å². The second-order valence-electron chi connectivity index (χ2n) is 7.67. The summed E-state index contributed by atoms with van der Waals surface area (Å²) in [6.45, 7) is 5.79. The van der Waals surface area contributed by atoms with E-state index in [4.69, 9.17) is 21.7 Å². The number of pyridine rings is 1. The van der Waals surface area contributed by atoms with E-state index in [1.54, 1.807) is 14.2 Å². The Balaban J connectivity index is 1.82. The highest BCUT2D eigenvalue weighted by Gasteiger charge is 2.42. The van der Waals surface area contributed by atoms with Gasteiger partial charge in [0, 0.05) is 36.9 Å². The van der Waals surface area contributed by atoms with Crippen LogP contribution in [0.1, 0.15) is 34.7 Å². The molecule has 0 amide bonds. The van der Waals surface area contributed by atoms with Crippen molar-refractivity contribution in [2.75, 3.05) is 25.7 Å². The van der Waals surface area contributed by atoms with Crippen molar-refractivity contribution in [1.29, 1.82) is 0 Å². The molecule has 4 rings (SSSR count). The zero-order valence-electron chi connectivity index (χ0n) is 18.3. The Bertz CT molecular complexity index is 1050. The van der Waals surface area contributed by atoms with Crippen LogP contribution in [0.5, 0.6) is 5.75 Å². The summed E-state index contributed by atoms with van der Waals surface area (Å²) in [5, 5.41) is 4.21. The molecule has 2 atom stereocenters. The van der Waals surface area contributed by atoms with Crippen LogP contribution in [0.25, 0.3) is 0 Å². The summed E-state index contributed by atoms with van der Waals surface area (Å²) in [6, 6.07) is 16.2. The number of aryl methyl sites for hydroxylation is 1. The van der Waals surface area contributed by atoms with Gasteiger partial charge < -0.3 is 24.3 Å². The van der Waals surface area contributed by atoms with Crippen molar-refractivity contribution >= 4 is 23.0 Å². The number of hydrogen-bond donors (Lipinski definition) is 1. The fourth-order valence-corrected chi connectivity index (χ4v) is 4.69. The number of benzene rings is 1. The largest absolute Gasteiger partial charge is 0.497 e. The minimum atomic E-state index is -0.0628. The fraction of sp³-hybridized carbons (Fsp3) is 0.333. The SMILES string of the molecule is COCCn1c(C)cc([C@@H]2[C@@H](c3ccccn3)NC(=S)N2c2ccc(OC)cc2)c1C. The number of nitrogens with zero attached hydrogens (tertiary/aromatic N) is 3. The van der Waals surface area contributed by atoms with Crippen LogP contribution in [0.4, 0.5) is 5.69 Å². The van der Waals surface area contributed by atoms with Crippen LogP contribution < -0.4 is 15.0 Å². The molecule has 1 aliphatic rings. The summed E-state index contributed by atoms with van der Waals surface area (Å²) < 4.78 is 13.0. The van der Waals surface area contributed by atoms with Gasteiger partial charge in [-0.2, -0.15) is 0 Å². The summed E-state index contributed by atoms with van der Waals surface area (Å²) in [6.07, 6.45) is 1.83. The first-order valence-electron chi connectivity index (χ1n) is 10.4. The maximum Gasteiger partial charge on any atom is 0.174 e. The first-order chi connectivity index (χ1) is 15.0. The van der Waals surface area contributed by atoms with Gasteiger partial charge in [0.15, 0.2) is 5.11 Å². The third-order valence-corrected chi connectivity index (χ3v) is 6.21. The fourth-order valence-electron chi connectivity index (χ4n) is 4.35. The molecule has 0 bridgehead atoms. The van der Waals surface area contributed by atoms with Gasteiger partial charge >= 0.3 is 0 Å². The second-order valence-corrected chi connectivity index (χ2v) is 8.05. The van der Waals surface area contributed by atoms with Gasteiger partial charge in [0.25, 0.3) is 0 Å². The summed E-state index contributed by atoms with van der Waals surface area (Å²) in [5.41, 5.74) is 5.63. The molecule has 0 unspecified atom stereocenters. The lowest BCUT2D eigenvalue weighted by Gasteiger charge is -2.28. The van der Waals surface area contributed by atoms with Crippen molar-refractivity contribution in [2.45, 2.75) is 32.5 Å². The molecule has 6 nitrogen and oxygen atoms in total. The minimum absolute atomic E-state index is 0.0294. The molecule has 31 heavy (non-hydrogen) atoms. The number of aromatic nitrogens is 2. The van der Waals surface area contributed by atoms with E-state index < -0.39 is 0 Å². The van der Waals surface area contributed by atoms with Crippen LogP contribution in [0.15, 0.2) is 54.7 Å². The first kappa shape index (κ1) is 21.3. The lowest BCUT2D eigenvalue weighted by atomic mass is 9.96. The molecule has 0 radical (unpaired) electrons. The predicted molar refractivity (Wildman–Crippen MR) is 127 cm³/mol. The molecule has 1 saturated heterocycles. The van der Waals surface area contributed by atoms with Gasteiger partial charge in [0.2, 0.25) is 0 Å². The quantitative estimate of drug-likeness (QED) is 0.557. The predicted octanol–water partition coefficient (Wildman–Crippen LogP) is 4.33. The average Bonchev–Trinajstić information content (AvgIpc) is 3.28. The van der Waals surface area contributed by atoms with Crippen LogP contribution in [-0.2, 0) is 11.3 Å². The van der Waals surface area contributed by atoms with Gasteiger partial charge in [-0.1, -0.05) is 6.07 Å². The van der Waals surface area contributed by atoms with E-state index >= 15 is 0 Å². The Morgan fingerprint density at radius 1 is 1.10 bits per heavy atom. The van der Waals surface area contributed by atoms with E-state index in [0.29, 0.717) is 11.7 Å². The van der Waals surface area contributed by atoms with Gasteiger partial charge in [-0.15, -0.1) is 0 Å². The lowest BCUT2D eigenvalue weighted by Crippen LogP contribution is -2.29. The Kier molecular flexibility index (Phi) is 6.25. The topological polar surface area (TPSA) is 51.5 Å². The highest BCUT2D eigenvalue weighted by molar-refractivity contribution is 7.80. The highest BCUT2D eigenvalue weighted by Crippen LogP contribution is 2.43. The molecule has 1 aromatic carbocycles. The van der Waals surface area contributed by atoms with E-state index in [0.717, 1.165) is 23.7 Å². The Labute approximate surface area is 188 Å². The van der Waals surface area contributed by atoms with Gasteiger partial charge in [-0.05, 0) is 74.1 Å². The zero-order chi connectivity index (χ0) is 22.0. The Morgan fingerprint density at radius 2 is 1.87 bits per heavy atom. The second kappa shape index (κ2) is 9.08. The summed E-state index contributed by atoms with van der Waals surface area (Å²) in [4.78, 5) is 6.83. The zero-order valence-corrected chi connectivity index (χ0v) is 19.1. The number of ether oxygens (including phenoxy) is 2. The number of thiocarbonyl (C=S) groups is 1. The van der Waals surface area contributed by atoms with E-state index in [1.165, 1.54) is 17.0 Å². The minimum Gasteiger partial charge on any atom is -0.497 e. The average molecular weight is 437 g/mol. The summed E-state index contributed by atoms with van der Waals surface area (Å²) in [5.74, 6) is 0.817. The van der Waals surface area contributed by atoms with Crippen LogP contribution in [0.3, 0.4) is 0 Å². The Morgan fingerprint density at radius 3 is 2.52 bits per heavy atom. The number of methoxy groups -OCH3 is 2. The maximum absolute atomic E-state index is 5.82. The summed E-state index contributed by atoms with van der Waals surface area (Å²) >= 11 is 5.82. The number of hydrogen-bond acceptors (Lipinski definition) is 4. The van der Waals surface area contributed by atoms with E-state index in [2.05, 4.69) is 45.7 Å². The molecule has 0 saturated carbocycles. The van der Waals surface area contributed by atoms with Gasteiger partial charge in [0.05, 0.1) is 31.5 Å². The van der Waals surface area contributed by atoms with Crippen molar-refractivity contribution < 1.29 is 9.47 Å². The molecule has 162 valence electrons. The van der Waals surface area contributed by atoms with Crippen molar-refractivity contribution in [3.63, 3.8) is 0 Å². The number of rotatable bonds is 7. The van der Waals surface area contributed by atoms with Gasteiger partial charge in [0.1, 0.15) is 5.75 Å². The molecule has 1 aliphatic heterocycles. The van der Waals surface area contributed by atoms with E-state index in [1.807, 2.05) is 42.6 Å². The molecular weight excluding hydrogens is 408 g/mol. The molecule has 0 spiro atoms. The third-order valence-electron chi connectivity index (χ3n) is 5.90. The molecule has 3 heterocycles. The van der Waals surface area contributed by atoms with Crippen LogP contribution in [0.2, 0.25) is 0 Å². The molecule has 1 fully saturated rings. The number of anilines is 1. The van der Waals surface area contributed by atoms with Crippen LogP contribution in [-0.4, -0.2) is 35.5 Å². The molecule has 3 aromatic rings. The maximum atomic E-state index is 5.82. The molecule has 1 N–H and O–H groups in total. The van der Waals surface area contributed by atoms with Gasteiger partial charge in [-0.25, -0.2) is 0 Å². The first-order valence-corrected chi connectivity index (χ1v) is 10.8. The monoisotopic (exact) mass is 436 g/mol. The smallest absolute Gasteiger partial charge is 0.174 e. The molecular formula is C24H28N4O2S. The summed E-state index contributed by atoms with van der Waals surface area (Å²) in [7, 11) is 3.41. The normalized spacial score (nSPS) is 18.3. The Hall–Kier alpha value is -2.90. The van der Waals surface area contributed by atoms with Crippen molar-refractivity contribution in [3.8, 4) is 5.75 Å². The number of nitrogens with one attached hydrogen (secondary N) is 1. The molecule has 0 aliphatic carbocycles. The highest BCUT2D eigenvalue weighted by atomic mass is 32.1.